The van der Waals surface area contributed by atoms with Gasteiger partial charge in [-0.05, 0) is 0 Å². The minimum absolute atomic E-state index is 0.0602. The van der Waals surface area contributed by atoms with Gasteiger partial charge in [-0.15, -0.1) is 0 Å². The van der Waals surface area contributed by atoms with Crippen LogP contribution >= 0.6 is 0 Å². The first-order valence-corrected chi connectivity index (χ1v) is 11.0. The van der Waals surface area contributed by atoms with Gasteiger partial charge in [-0.25, -0.2) is 0 Å². The van der Waals surface area contributed by atoms with Crippen molar-refractivity contribution in [1.82, 2.24) is 0 Å². The summed E-state index contributed by atoms with van der Waals surface area (Å²) in [5.41, 5.74) is 5.18. The summed E-state index contributed by atoms with van der Waals surface area (Å²) in [6.07, 6.45) is -5.99. The number of hydrogen-bond donors (Lipinski definition) is 9. The van der Waals surface area contributed by atoms with E-state index in [1.54, 1.807) is 0 Å². The summed E-state index contributed by atoms with van der Waals surface area (Å²) in [5.74, 6) is -0.641. The number of phenols is 1. The van der Waals surface area contributed by atoms with Gasteiger partial charge in [0.1, 0.15) is 30.6 Å². The fourth-order valence-corrected chi connectivity index (χ4v) is 3.67. The Morgan fingerprint density at radius 3 is 2.30 bits per heavy atom. The minimum atomic E-state index is -5.08. The number of ether oxygens (including phenoxy) is 1. The second-order valence-electron chi connectivity index (χ2n) is 5.72. The maximum atomic E-state index is 11.1. The van der Waals surface area contributed by atoms with Crippen LogP contribution in [0, 0.1) is 0 Å². The molecule has 27 heavy (non-hydrogen) atoms. The van der Waals surface area contributed by atoms with Crippen LogP contribution in [0.2, 0.25) is 0 Å². The Kier molecular flexibility index (Phi) is 8.42. The SMILES string of the molecule is CC(=O)Nc1cc(O)ccc1[As](=O)(O)O.NC1O[C@H](CO)[C@@H](O)[C@H](O)[C@H]1O. The maximum absolute atomic E-state index is 11.1. The monoisotopic (exact) mass is 454 g/mol. The standard InChI is InChI=1S/C8H10AsNO5.C6H13NO5/c1-5(11)10-8-4-6(12)2-3-7(8)9(13,14)15;7-6-5(11)4(10)3(9)2(1-8)12-6/h2-4,12H,1H3,(H,10,11)(H2,13,14,15);2-6,8-11H,1,7H2/t;2-,3-,4+,5-,6?/m.1/s1. The Labute approximate surface area is 156 Å². The predicted octanol–water partition coefficient (Wildman–Crippen LogP) is -4.34. The van der Waals surface area contributed by atoms with Gasteiger partial charge in [-0.1, -0.05) is 0 Å². The van der Waals surface area contributed by atoms with Crippen LogP contribution < -0.4 is 15.4 Å². The molecule has 0 radical (unpaired) electrons. The van der Waals surface area contributed by atoms with Crippen molar-refractivity contribution < 1.29 is 47.0 Å². The smallest absolute Gasteiger partial charge is 0.135 e. The summed E-state index contributed by atoms with van der Waals surface area (Å²) >= 11 is -5.08. The van der Waals surface area contributed by atoms with Gasteiger partial charge in [0.05, 0.1) is 6.61 Å². The quantitative estimate of drug-likeness (QED) is 0.199. The van der Waals surface area contributed by atoms with Crippen molar-refractivity contribution in [2.24, 2.45) is 5.73 Å². The molecule has 10 N–H and O–H groups in total. The van der Waals surface area contributed by atoms with Crippen LogP contribution in [0.3, 0.4) is 0 Å². The summed E-state index contributed by atoms with van der Waals surface area (Å²) in [6.45, 7) is 0.763. The molecule has 1 aromatic rings. The summed E-state index contributed by atoms with van der Waals surface area (Å²) < 4.78 is 33.6. The van der Waals surface area contributed by atoms with Gasteiger partial charge in [-0.2, -0.15) is 0 Å². The van der Waals surface area contributed by atoms with Crippen molar-refractivity contribution in [3.63, 3.8) is 0 Å². The molecule has 1 aliphatic rings. The molecule has 1 saturated heterocycles. The number of hydrogen-bond acceptors (Lipinski definition) is 9. The van der Waals surface area contributed by atoms with E-state index in [0.29, 0.717) is 0 Å². The molecule has 1 unspecified atom stereocenters. The van der Waals surface area contributed by atoms with E-state index in [2.05, 4.69) is 5.32 Å². The molecule has 154 valence electrons. The summed E-state index contributed by atoms with van der Waals surface area (Å²) in [5, 5.41) is 47.4. The zero-order chi connectivity index (χ0) is 20.9. The number of nitrogens with two attached hydrogens (primary N) is 1. The molecule has 0 aromatic heterocycles. The van der Waals surface area contributed by atoms with Crippen LogP contribution in [0.15, 0.2) is 18.2 Å². The van der Waals surface area contributed by atoms with E-state index in [9.17, 15) is 13.6 Å². The number of carbonyl (C=O) groups is 1. The Morgan fingerprint density at radius 1 is 1.22 bits per heavy atom. The molecule has 13 heteroatoms. The van der Waals surface area contributed by atoms with Gasteiger partial charge >= 0.3 is 88.1 Å². The molecule has 1 heterocycles. The number of benzene rings is 1. The van der Waals surface area contributed by atoms with Crippen LogP contribution in [-0.2, 0) is 13.3 Å². The minimum Gasteiger partial charge on any atom is -0.394 e. The van der Waals surface area contributed by atoms with Gasteiger partial charge in [-0.3, -0.25) is 0 Å². The van der Waals surface area contributed by atoms with Crippen LogP contribution in [0.5, 0.6) is 5.75 Å². The first kappa shape index (κ1) is 23.6. The Bertz CT molecular complexity index is 692. The second kappa shape index (κ2) is 9.64. The molecule has 1 aliphatic heterocycles. The fourth-order valence-electron chi connectivity index (χ4n) is 2.20. The van der Waals surface area contributed by atoms with Gasteiger partial charge in [0.25, 0.3) is 0 Å². The molecule has 2 rings (SSSR count). The molecule has 0 spiro atoms. The number of aromatic hydroxyl groups is 1. The van der Waals surface area contributed by atoms with Crippen LogP contribution in [0.1, 0.15) is 6.92 Å². The summed E-state index contributed by atoms with van der Waals surface area (Å²) in [7, 11) is 0. The van der Waals surface area contributed by atoms with Crippen LogP contribution in [-0.4, -0.2) is 91.1 Å². The van der Waals surface area contributed by atoms with Gasteiger partial charge in [0, 0.05) is 0 Å². The number of rotatable bonds is 3. The van der Waals surface area contributed by atoms with E-state index in [1.807, 2.05) is 0 Å². The number of aliphatic hydroxyl groups excluding tert-OH is 4. The molecule has 5 atom stereocenters. The Morgan fingerprint density at radius 2 is 1.81 bits per heavy atom. The van der Waals surface area contributed by atoms with E-state index in [4.69, 9.17) is 39.1 Å². The Balaban J connectivity index is 0.000000277. The predicted molar refractivity (Wildman–Crippen MR) is 90.9 cm³/mol. The van der Waals surface area contributed by atoms with Gasteiger partial charge in [0.2, 0.25) is 0 Å². The average molecular weight is 454 g/mol. The second-order valence-corrected chi connectivity index (χ2v) is 9.01. The average Bonchev–Trinajstić information content (AvgIpc) is 2.55. The van der Waals surface area contributed by atoms with Gasteiger partial charge < -0.3 is 30.9 Å². The molecule has 1 fully saturated rings. The number of amides is 1. The topological polar surface area (TPSA) is 223 Å². The van der Waals surface area contributed by atoms with E-state index in [1.165, 1.54) is 6.92 Å². The zero-order valence-electron chi connectivity index (χ0n) is 14.2. The largest absolute Gasteiger partial charge is 0.394 e. The maximum Gasteiger partial charge on any atom is 0.135 e. The van der Waals surface area contributed by atoms with Crippen LogP contribution in [0.4, 0.5) is 5.69 Å². The zero-order valence-corrected chi connectivity index (χ0v) is 16.1. The van der Waals surface area contributed by atoms with Crippen molar-refractivity contribution in [2.75, 3.05) is 11.9 Å². The third kappa shape index (κ3) is 6.57. The van der Waals surface area contributed by atoms with Crippen molar-refractivity contribution in [3.05, 3.63) is 18.2 Å². The van der Waals surface area contributed by atoms with Crippen molar-refractivity contribution in [2.45, 2.75) is 37.6 Å². The summed E-state index contributed by atoms with van der Waals surface area (Å²) in [6, 6.07) is 3.35. The molecule has 0 bridgehead atoms. The van der Waals surface area contributed by atoms with E-state index >= 15 is 0 Å². The van der Waals surface area contributed by atoms with Crippen molar-refractivity contribution in [3.8, 4) is 5.75 Å². The van der Waals surface area contributed by atoms with E-state index in [0.717, 1.165) is 18.2 Å². The number of phenolic OH excluding ortho intramolecular Hbond substituents is 1. The van der Waals surface area contributed by atoms with Crippen molar-refractivity contribution >= 4 is 30.1 Å². The third-order valence-corrected chi connectivity index (χ3v) is 5.67. The first-order valence-electron chi connectivity index (χ1n) is 7.61. The van der Waals surface area contributed by atoms with E-state index < -0.39 is 57.3 Å². The number of carbonyl (C=O) groups excluding carboxylic acids is 1. The van der Waals surface area contributed by atoms with E-state index in [-0.39, 0.29) is 15.8 Å². The number of aliphatic hydroxyl groups is 4. The molecule has 0 aliphatic carbocycles. The summed E-state index contributed by atoms with van der Waals surface area (Å²) in [4.78, 5) is 10.8. The number of anilines is 1. The molecule has 12 nitrogen and oxygen atoms in total. The normalized spacial score (nSPS) is 28.1. The fraction of sp³-hybridized carbons (Fsp3) is 0.500. The Hall–Kier alpha value is -1.47. The molecular formula is C14H23AsN2O10. The van der Waals surface area contributed by atoms with Crippen molar-refractivity contribution in [1.29, 1.82) is 0 Å². The van der Waals surface area contributed by atoms with Crippen LogP contribution in [0.25, 0.3) is 0 Å². The molecular weight excluding hydrogens is 431 g/mol. The number of nitrogens with one attached hydrogen (secondary N) is 1. The molecule has 1 aromatic carbocycles. The first-order chi connectivity index (χ1) is 12.4. The third-order valence-electron chi connectivity index (χ3n) is 3.53. The van der Waals surface area contributed by atoms with Gasteiger partial charge in [0.15, 0.2) is 0 Å². The molecule has 0 saturated carbocycles. The molecule has 1 amide bonds.